The molecule has 0 saturated carbocycles. The first kappa shape index (κ1) is 24.0. The Morgan fingerprint density at radius 1 is 0.967 bits per heavy atom. The molecule has 0 aromatic heterocycles. The lowest BCUT2D eigenvalue weighted by atomic mass is 9.80. The number of nitrogens with two attached hydrogens (primary N) is 1. The molecule has 1 aromatic rings. The molecule has 7 heteroatoms. The first-order chi connectivity index (χ1) is 13.7. The average molecular weight is 419 g/mol. The Bertz CT molecular complexity index is 737. The quantitative estimate of drug-likeness (QED) is 0.759. The topological polar surface area (TPSA) is 87.9 Å². The first-order valence-electron chi connectivity index (χ1n) is 10.6. The monoisotopic (exact) mass is 418 g/mol. The largest absolute Gasteiger partial charge is 0.444 e. The summed E-state index contributed by atoms with van der Waals surface area (Å²) in [5.41, 5.74) is 6.47. The van der Waals surface area contributed by atoms with Crippen molar-refractivity contribution < 1.29 is 14.3 Å². The fourth-order valence-corrected chi connectivity index (χ4v) is 3.75. The zero-order valence-corrected chi connectivity index (χ0v) is 19.5. The van der Waals surface area contributed by atoms with Crippen molar-refractivity contribution in [2.24, 2.45) is 11.1 Å². The van der Waals surface area contributed by atoms with Gasteiger partial charge >= 0.3 is 6.09 Å². The molecule has 3 N–H and O–H groups in total. The van der Waals surface area contributed by atoms with Gasteiger partial charge in [-0.3, -0.25) is 4.79 Å². The van der Waals surface area contributed by atoms with Gasteiger partial charge < -0.3 is 25.6 Å². The number of benzene rings is 1. The molecule has 30 heavy (non-hydrogen) atoms. The Balaban J connectivity index is 1.91. The minimum absolute atomic E-state index is 0.0419. The van der Waals surface area contributed by atoms with Crippen LogP contribution in [0.3, 0.4) is 0 Å². The number of carbonyl (C=O) groups is 2. The molecule has 0 atom stereocenters. The van der Waals surface area contributed by atoms with Gasteiger partial charge in [-0.1, -0.05) is 13.8 Å². The number of carbonyl (C=O) groups excluding carboxylic acids is 2. The third-order valence-electron chi connectivity index (χ3n) is 4.93. The molecule has 1 aliphatic heterocycles. The lowest BCUT2D eigenvalue weighted by Crippen LogP contribution is -2.50. The van der Waals surface area contributed by atoms with Crippen molar-refractivity contribution in [2.75, 3.05) is 36.4 Å². The number of amides is 2. The molecule has 1 aromatic carbocycles. The van der Waals surface area contributed by atoms with E-state index in [1.165, 1.54) is 0 Å². The molecule has 1 saturated heterocycles. The summed E-state index contributed by atoms with van der Waals surface area (Å²) in [6, 6.07) is 7.82. The van der Waals surface area contributed by atoms with Crippen molar-refractivity contribution in [3.05, 3.63) is 24.3 Å². The van der Waals surface area contributed by atoms with Crippen LogP contribution in [-0.2, 0) is 9.53 Å². The number of hydrogen-bond donors (Lipinski definition) is 2. The molecule has 0 aliphatic carbocycles. The van der Waals surface area contributed by atoms with E-state index in [1.54, 1.807) is 4.90 Å². The highest BCUT2D eigenvalue weighted by molar-refractivity contribution is 5.95. The number of piperazine rings is 1. The third-order valence-corrected chi connectivity index (χ3v) is 4.93. The molecule has 1 heterocycles. The molecule has 168 valence electrons. The van der Waals surface area contributed by atoms with Gasteiger partial charge in [0.1, 0.15) is 5.60 Å². The van der Waals surface area contributed by atoms with Crippen molar-refractivity contribution in [3.8, 4) is 0 Å². The highest BCUT2D eigenvalue weighted by Crippen LogP contribution is 2.29. The van der Waals surface area contributed by atoms with E-state index >= 15 is 0 Å². The average Bonchev–Trinajstić information content (AvgIpc) is 2.59. The maximum atomic E-state index is 12.7. The molecule has 2 rings (SSSR count). The van der Waals surface area contributed by atoms with E-state index in [0.717, 1.165) is 24.5 Å². The molecular weight excluding hydrogens is 380 g/mol. The van der Waals surface area contributed by atoms with Gasteiger partial charge in [0.2, 0.25) is 5.91 Å². The Morgan fingerprint density at radius 2 is 1.50 bits per heavy atom. The fraction of sp³-hybridized carbons (Fsp3) is 0.652. The summed E-state index contributed by atoms with van der Waals surface area (Å²) in [6.45, 7) is 16.0. The Hall–Kier alpha value is -2.28. The number of rotatable bonds is 5. The SMILES string of the molecule is CC(C)(N)CC(C)(C)C(=O)Nc1ccc(N2CCN(C(=O)OC(C)(C)C)CC2)cc1. The summed E-state index contributed by atoms with van der Waals surface area (Å²) in [6.07, 6.45) is 0.328. The minimum Gasteiger partial charge on any atom is -0.444 e. The van der Waals surface area contributed by atoms with Crippen LogP contribution in [0.4, 0.5) is 16.2 Å². The van der Waals surface area contributed by atoms with Crippen LogP contribution in [0, 0.1) is 5.41 Å². The van der Waals surface area contributed by atoms with E-state index in [0.29, 0.717) is 19.5 Å². The lowest BCUT2D eigenvalue weighted by molar-refractivity contribution is -0.124. The highest BCUT2D eigenvalue weighted by atomic mass is 16.6. The predicted molar refractivity (Wildman–Crippen MR) is 122 cm³/mol. The standard InChI is InChI=1S/C23H38N4O3/c1-21(2,3)30-20(29)27-14-12-26(13-15-27)18-10-8-17(9-11-18)25-19(28)22(4,5)16-23(6,7)24/h8-11H,12-16,24H2,1-7H3,(H,25,28). The second-order valence-electron chi connectivity index (χ2n) is 10.5. The van der Waals surface area contributed by atoms with Gasteiger partial charge in [-0.15, -0.1) is 0 Å². The van der Waals surface area contributed by atoms with Crippen LogP contribution in [0.2, 0.25) is 0 Å². The summed E-state index contributed by atoms with van der Waals surface area (Å²) in [7, 11) is 0. The molecule has 0 unspecified atom stereocenters. The second kappa shape index (κ2) is 8.84. The maximum Gasteiger partial charge on any atom is 0.410 e. The van der Waals surface area contributed by atoms with Crippen LogP contribution in [0.5, 0.6) is 0 Å². The summed E-state index contributed by atoms with van der Waals surface area (Å²) in [5.74, 6) is -0.0419. The predicted octanol–water partition coefficient (Wildman–Crippen LogP) is 3.84. The summed E-state index contributed by atoms with van der Waals surface area (Å²) in [5, 5.41) is 3.00. The van der Waals surface area contributed by atoms with Crippen LogP contribution in [0.25, 0.3) is 0 Å². The van der Waals surface area contributed by atoms with Crippen molar-refractivity contribution in [1.29, 1.82) is 0 Å². The van der Waals surface area contributed by atoms with Crippen LogP contribution >= 0.6 is 0 Å². The highest BCUT2D eigenvalue weighted by Gasteiger charge is 2.33. The van der Waals surface area contributed by atoms with E-state index in [2.05, 4.69) is 10.2 Å². The van der Waals surface area contributed by atoms with E-state index in [4.69, 9.17) is 10.5 Å². The van der Waals surface area contributed by atoms with E-state index < -0.39 is 16.6 Å². The van der Waals surface area contributed by atoms with Crippen molar-refractivity contribution in [1.82, 2.24) is 4.90 Å². The Morgan fingerprint density at radius 3 is 1.97 bits per heavy atom. The number of nitrogens with zero attached hydrogens (tertiary/aromatic N) is 2. The molecule has 0 radical (unpaired) electrons. The normalized spacial score (nSPS) is 15.7. The molecule has 2 amide bonds. The maximum absolute atomic E-state index is 12.7. The second-order valence-corrected chi connectivity index (χ2v) is 10.5. The molecule has 1 aliphatic rings. The molecular formula is C23H38N4O3. The summed E-state index contributed by atoms with van der Waals surface area (Å²) in [4.78, 5) is 28.9. The molecule has 1 fully saturated rings. The third kappa shape index (κ3) is 7.20. The minimum atomic E-state index is -0.561. The summed E-state index contributed by atoms with van der Waals surface area (Å²) >= 11 is 0. The van der Waals surface area contributed by atoms with E-state index in [9.17, 15) is 9.59 Å². The molecule has 7 nitrogen and oxygen atoms in total. The van der Waals surface area contributed by atoms with Gasteiger partial charge in [0.25, 0.3) is 0 Å². The van der Waals surface area contributed by atoms with E-state index in [-0.39, 0.29) is 12.0 Å². The van der Waals surface area contributed by atoms with Gasteiger partial charge in [0.05, 0.1) is 0 Å². The van der Waals surface area contributed by atoms with Gasteiger partial charge in [-0.05, 0) is 65.3 Å². The van der Waals surface area contributed by atoms with Crippen molar-refractivity contribution >= 4 is 23.4 Å². The number of nitrogens with one attached hydrogen (secondary N) is 1. The van der Waals surface area contributed by atoms with Gasteiger partial charge in [0.15, 0.2) is 0 Å². The van der Waals surface area contributed by atoms with Crippen LogP contribution < -0.4 is 16.0 Å². The van der Waals surface area contributed by atoms with Gasteiger partial charge in [-0.25, -0.2) is 4.79 Å². The smallest absolute Gasteiger partial charge is 0.410 e. The van der Waals surface area contributed by atoms with Crippen molar-refractivity contribution in [3.63, 3.8) is 0 Å². The molecule has 0 spiro atoms. The zero-order chi connectivity index (χ0) is 22.7. The number of anilines is 2. The summed E-state index contributed by atoms with van der Waals surface area (Å²) < 4.78 is 5.45. The lowest BCUT2D eigenvalue weighted by Gasteiger charge is -2.36. The Kier molecular flexibility index (Phi) is 7.07. The fourth-order valence-electron chi connectivity index (χ4n) is 3.75. The van der Waals surface area contributed by atoms with Gasteiger partial charge in [0, 0.05) is 48.5 Å². The first-order valence-corrected chi connectivity index (χ1v) is 10.6. The van der Waals surface area contributed by atoms with Gasteiger partial charge in [-0.2, -0.15) is 0 Å². The van der Waals surface area contributed by atoms with Crippen molar-refractivity contribution in [2.45, 2.75) is 66.0 Å². The van der Waals surface area contributed by atoms with Crippen LogP contribution in [0.15, 0.2) is 24.3 Å². The Labute approximate surface area is 180 Å². The number of hydrogen-bond acceptors (Lipinski definition) is 5. The van der Waals surface area contributed by atoms with E-state index in [1.807, 2.05) is 72.7 Å². The van der Waals surface area contributed by atoms with Crippen LogP contribution in [-0.4, -0.2) is 54.2 Å². The molecule has 0 bridgehead atoms. The van der Waals surface area contributed by atoms with Crippen LogP contribution in [0.1, 0.15) is 54.9 Å². The zero-order valence-electron chi connectivity index (χ0n) is 19.5. The number of ether oxygens (including phenoxy) is 1.